The van der Waals surface area contributed by atoms with Crippen LogP contribution in [-0.4, -0.2) is 15.8 Å². The molecule has 1 aliphatic carbocycles. The van der Waals surface area contributed by atoms with Gasteiger partial charge in [-0.25, -0.2) is 0 Å². The second-order valence-corrected chi connectivity index (χ2v) is 6.70. The number of hydrogen-bond acceptors (Lipinski definition) is 3. The average molecular weight is 336 g/mol. The van der Waals surface area contributed by atoms with E-state index in [0.717, 1.165) is 38.7 Å². The van der Waals surface area contributed by atoms with Crippen LogP contribution in [0.5, 0.6) is 0 Å². The van der Waals surface area contributed by atoms with Gasteiger partial charge in [0.2, 0.25) is 0 Å². The molecule has 0 fully saturated rings. The van der Waals surface area contributed by atoms with E-state index in [1.807, 2.05) is 36.8 Å². The molecule has 0 saturated heterocycles. The van der Waals surface area contributed by atoms with Crippen LogP contribution in [0.3, 0.4) is 0 Å². The lowest BCUT2D eigenvalue weighted by atomic mass is 9.96. The van der Waals surface area contributed by atoms with Crippen LogP contribution in [0, 0.1) is 0 Å². The van der Waals surface area contributed by atoms with Crippen LogP contribution in [0.15, 0.2) is 73.2 Å². The molecular weight excluding hydrogens is 320 g/mol. The van der Waals surface area contributed by atoms with Gasteiger partial charge in [0.15, 0.2) is 0 Å². The minimum absolute atomic E-state index is 0.305. The second-order valence-electron chi connectivity index (χ2n) is 6.70. The summed E-state index contributed by atoms with van der Waals surface area (Å²) in [6.45, 7) is 0. The van der Waals surface area contributed by atoms with E-state index in [9.17, 15) is 4.79 Å². The van der Waals surface area contributed by atoms with Crippen molar-refractivity contribution >= 4 is 16.7 Å². The Bertz CT molecular complexity index is 1150. The lowest BCUT2D eigenvalue weighted by Crippen LogP contribution is -1.92. The molecule has 0 radical (unpaired) electrons. The number of ketones is 1. The molecule has 0 atom stereocenters. The number of pyridine rings is 2. The summed E-state index contributed by atoms with van der Waals surface area (Å²) < 4.78 is 0. The first kappa shape index (κ1) is 15.0. The van der Waals surface area contributed by atoms with E-state index in [2.05, 4.69) is 46.4 Å². The number of rotatable bonds is 2. The monoisotopic (exact) mass is 336 g/mol. The first-order valence-corrected chi connectivity index (χ1v) is 8.71. The van der Waals surface area contributed by atoms with E-state index in [1.165, 1.54) is 5.56 Å². The van der Waals surface area contributed by atoms with Crippen molar-refractivity contribution in [2.75, 3.05) is 0 Å². The third-order valence-electron chi connectivity index (χ3n) is 5.05. The number of nitrogens with zero attached hydrogens (tertiary/aromatic N) is 2. The van der Waals surface area contributed by atoms with Crippen LogP contribution in [0.4, 0.5) is 0 Å². The molecule has 2 heterocycles. The Kier molecular flexibility index (Phi) is 3.39. The van der Waals surface area contributed by atoms with Crippen LogP contribution in [0.25, 0.3) is 33.2 Å². The molecule has 0 bridgehead atoms. The molecule has 2 aromatic heterocycles. The van der Waals surface area contributed by atoms with Crippen LogP contribution < -0.4 is 0 Å². The fraction of sp³-hybridized carbons (Fsp3) is 0.0870. The Hall–Kier alpha value is -3.33. The summed E-state index contributed by atoms with van der Waals surface area (Å²) >= 11 is 0. The van der Waals surface area contributed by atoms with Gasteiger partial charge in [0.05, 0.1) is 5.52 Å². The van der Waals surface area contributed by atoms with E-state index in [0.29, 0.717) is 18.6 Å². The number of hydrogen-bond donors (Lipinski definition) is 0. The number of carbonyl (C=O) groups is 1. The maximum atomic E-state index is 11.7. The van der Waals surface area contributed by atoms with E-state index in [1.54, 1.807) is 0 Å². The largest absolute Gasteiger partial charge is 0.299 e. The zero-order valence-electron chi connectivity index (χ0n) is 14.1. The Labute approximate surface area is 151 Å². The SMILES string of the molecule is O=C1Cc2ccc(-c3ccc4nccc(-c5ccncc5)c4c3)cc2C1. The molecule has 0 unspecified atom stereocenters. The minimum atomic E-state index is 0.305. The molecule has 0 aliphatic heterocycles. The molecule has 3 nitrogen and oxygen atoms in total. The average Bonchev–Trinajstić information content (AvgIpc) is 3.07. The van der Waals surface area contributed by atoms with Crippen molar-refractivity contribution in [2.24, 2.45) is 0 Å². The zero-order valence-corrected chi connectivity index (χ0v) is 14.1. The van der Waals surface area contributed by atoms with Gasteiger partial charge in [0.1, 0.15) is 5.78 Å². The van der Waals surface area contributed by atoms with E-state index < -0.39 is 0 Å². The van der Waals surface area contributed by atoms with Gasteiger partial charge in [-0.3, -0.25) is 14.8 Å². The molecule has 3 heteroatoms. The highest BCUT2D eigenvalue weighted by Gasteiger charge is 2.18. The first-order chi connectivity index (χ1) is 12.8. The van der Waals surface area contributed by atoms with E-state index >= 15 is 0 Å². The van der Waals surface area contributed by atoms with E-state index in [4.69, 9.17) is 0 Å². The fourth-order valence-electron chi connectivity index (χ4n) is 3.74. The van der Waals surface area contributed by atoms with Gasteiger partial charge >= 0.3 is 0 Å². The topological polar surface area (TPSA) is 42.9 Å². The third kappa shape index (κ3) is 2.49. The van der Waals surface area contributed by atoms with E-state index in [-0.39, 0.29) is 0 Å². The molecule has 4 aromatic rings. The quantitative estimate of drug-likeness (QED) is 0.536. The maximum absolute atomic E-state index is 11.7. The molecule has 0 saturated carbocycles. The first-order valence-electron chi connectivity index (χ1n) is 8.71. The van der Waals surface area contributed by atoms with Gasteiger partial charge in [-0.2, -0.15) is 0 Å². The van der Waals surface area contributed by atoms with Crippen molar-refractivity contribution in [3.8, 4) is 22.3 Å². The van der Waals surface area contributed by atoms with Crippen molar-refractivity contribution in [1.29, 1.82) is 0 Å². The lowest BCUT2D eigenvalue weighted by Gasteiger charge is -2.10. The van der Waals surface area contributed by atoms with Crippen molar-refractivity contribution in [3.05, 3.63) is 84.3 Å². The van der Waals surface area contributed by atoms with Crippen molar-refractivity contribution < 1.29 is 4.79 Å². The highest BCUT2D eigenvalue weighted by molar-refractivity contribution is 5.97. The molecule has 1 aliphatic rings. The molecule has 0 N–H and O–H groups in total. The number of fused-ring (bicyclic) bond motifs is 2. The van der Waals surface area contributed by atoms with Crippen LogP contribution in [0.2, 0.25) is 0 Å². The van der Waals surface area contributed by atoms with Crippen LogP contribution in [0.1, 0.15) is 11.1 Å². The number of Topliss-reactive ketones (excluding diaryl/α,β-unsaturated/α-hetero) is 1. The van der Waals surface area contributed by atoms with Gasteiger partial charge in [-0.05, 0) is 63.7 Å². The summed E-state index contributed by atoms with van der Waals surface area (Å²) in [5.41, 5.74) is 7.86. The summed E-state index contributed by atoms with van der Waals surface area (Å²) in [5.74, 6) is 0.305. The summed E-state index contributed by atoms with van der Waals surface area (Å²) in [7, 11) is 0. The Morgan fingerprint density at radius 1 is 0.692 bits per heavy atom. The maximum Gasteiger partial charge on any atom is 0.141 e. The molecule has 26 heavy (non-hydrogen) atoms. The fourth-order valence-corrected chi connectivity index (χ4v) is 3.74. The standard InChI is InChI=1S/C23H16N2O/c26-20-12-17-2-1-16(11-19(17)13-20)18-3-4-23-22(14-18)21(7-10-25-23)15-5-8-24-9-6-15/h1-11,14H,12-13H2. The van der Waals surface area contributed by atoms with Gasteiger partial charge in [-0.15, -0.1) is 0 Å². The minimum Gasteiger partial charge on any atom is -0.299 e. The summed E-state index contributed by atoms with van der Waals surface area (Å²) in [6, 6.07) is 18.8. The van der Waals surface area contributed by atoms with Crippen molar-refractivity contribution in [3.63, 3.8) is 0 Å². The summed E-state index contributed by atoms with van der Waals surface area (Å²) in [4.78, 5) is 20.3. The zero-order chi connectivity index (χ0) is 17.5. The highest BCUT2D eigenvalue weighted by Crippen LogP contribution is 2.32. The lowest BCUT2D eigenvalue weighted by molar-refractivity contribution is -0.117. The number of aromatic nitrogens is 2. The smallest absolute Gasteiger partial charge is 0.141 e. The normalized spacial score (nSPS) is 13.2. The summed E-state index contributed by atoms with van der Waals surface area (Å²) in [6.07, 6.45) is 6.59. The van der Waals surface area contributed by atoms with Crippen molar-refractivity contribution in [1.82, 2.24) is 9.97 Å². The number of carbonyl (C=O) groups excluding carboxylic acids is 1. The Morgan fingerprint density at radius 3 is 2.35 bits per heavy atom. The molecule has 124 valence electrons. The molecule has 5 rings (SSSR count). The third-order valence-corrected chi connectivity index (χ3v) is 5.05. The Balaban J connectivity index is 1.67. The summed E-state index contributed by atoms with van der Waals surface area (Å²) in [5, 5.41) is 1.12. The van der Waals surface area contributed by atoms with Gasteiger partial charge < -0.3 is 0 Å². The van der Waals surface area contributed by atoms with Crippen LogP contribution >= 0.6 is 0 Å². The second kappa shape index (κ2) is 5.88. The molecule has 2 aromatic carbocycles. The van der Waals surface area contributed by atoms with Gasteiger partial charge in [0, 0.05) is 36.8 Å². The van der Waals surface area contributed by atoms with Gasteiger partial charge in [0.25, 0.3) is 0 Å². The Morgan fingerprint density at radius 2 is 1.46 bits per heavy atom. The molecule has 0 spiro atoms. The van der Waals surface area contributed by atoms with Crippen LogP contribution in [-0.2, 0) is 17.6 Å². The predicted molar refractivity (Wildman–Crippen MR) is 103 cm³/mol. The molecular formula is C23H16N2O. The highest BCUT2D eigenvalue weighted by atomic mass is 16.1. The number of benzene rings is 2. The van der Waals surface area contributed by atoms with Crippen molar-refractivity contribution in [2.45, 2.75) is 12.8 Å². The predicted octanol–water partition coefficient (Wildman–Crippen LogP) is 4.63. The molecule has 0 amide bonds. The van der Waals surface area contributed by atoms with Gasteiger partial charge in [-0.1, -0.05) is 24.3 Å².